The Kier molecular flexibility index (Phi) is 5.12. The van der Waals surface area contributed by atoms with E-state index in [9.17, 15) is 9.90 Å². The fourth-order valence-corrected chi connectivity index (χ4v) is 2.99. The van der Waals surface area contributed by atoms with Crippen molar-refractivity contribution in [1.82, 2.24) is 19.8 Å². The Morgan fingerprint density at radius 3 is 2.59 bits per heavy atom. The highest BCUT2D eigenvalue weighted by Gasteiger charge is 2.14. The quantitative estimate of drug-likeness (QED) is 0.537. The SMILES string of the molecule is Cc1cc(/C=N\NC(=O)c2ccc(O)cc2)c(C)n1-c1ccnn1C(C)C. The maximum atomic E-state index is 12.1. The average Bonchev–Trinajstić information content (AvgIpc) is 3.20. The van der Waals surface area contributed by atoms with Crippen LogP contribution >= 0.6 is 0 Å². The van der Waals surface area contributed by atoms with Gasteiger partial charge in [0.1, 0.15) is 11.6 Å². The van der Waals surface area contributed by atoms with Gasteiger partial charge in [-0.2, -0.15) is 10.2 Å². The minimum Gasteiger partial charge on any atom is -0.508 e. The van der Waals surface area contributed by atoms with Crippen LogP contribution in [-0.4, -0.2) is 31.6 Å². The summed E-state index contributed by atoms with van der Waals surface area (Å²) in [4.78, 5) is 12.1. The molecule has 0 aliphatic rings. The van der Waals surface area contributed by atoms with Crippen molar-refractivity contribution in [1.29, 1.82) is 0 Å². The van der Waals surface area contributed by atoms with Gasteiger partial charge in [0.15, 0.2) is 0 Å². The number of amides is 1. The number of rotatable bonds is 5. The molecule has 27 heavy (non-hydrogen) atoms. The number of benzene rings is 1. The first-order valence-corrected chi connectivity index (χ1v) is 8.73. The Balaban J connectivity index is 1.80. The van der Waals surface area contributed by atoms with Crippen molar-refractivity contribution in [2.75, 3.05) is 0 Å². The zero-order chi connectivity index (χ0) is 19.6. The molecule has 0 spiro atoms. The summed E-state index contributed by atoms with van der Waals surface area (Å²) in [7, 11) is 0. The molecule has 0 unspecified atom stereocenters. The van der Waals surface area contributed by atoms with Gasteiger partial charge in [-0.1, -0.05) is 0 Å². The zero-order valence-electron chi connectivity index (χ0n) is 15.8. The Morgan fingerprint density at radius 1 is 1.22 bits per heavy atom. The van der Waals surface area contributed by atoms with E-state index < -0.39 is 0 Å². The van der Waals surface area contributed by atoms with Gasteiger partial charge in [0, 0.05) is 34.6 Å². The van der Waals surface area contributed by atoms with E-state index in [1.807, 2.05) is 30.7 Å². The Bertz CT molecular complexity index is 980. The van der Waals surface area contributed by atoms with Crippen LogP contribution in [0.5, 0.6) is 5.75 Å². The highest BCUT2D eigenvalue weighted by molar-refractivity contribution is 5.95. The number of hydrogen-bond acceptors (Lipinski definition) is 4. The van der Waals surface area contributed by atoms with E-state index in [4.69, 9.17) is 0 Å². The minimum absolute atomic E-state index is 0.114. The van der Waals surface area contributed by atoms with Gasteiger partial charge in [0.05, 0.1) is 12.4 Å². The number of hydrogen-bond donors (Lipinski definition) is 2. The number of aromatic hydroxyl groups is 1. The van der Waals surface area contributed by atoms with Gasteiger partial charge in [-0.05, 0) is 58.0 Å². The monoisotopic (exact) mass is 365 g/mol. The van der Waals surface area contributed by atoms with Crippen LogP contribution in [0, 0.1) is 13.8 Å². The third-order valence-corrected chi connectivity index (χ3v) is 4.34. The molecule has 140 valence electrons. The summed E-state index contributed by atoms with van der Waals surface area (Å²) in [6.45, 7) is 8.21. The van der Waals surface area contributed by atoms with Crippen LogP contribution < -0.4 is 5.43 Å². The molecule has 0 atom stereocenters. The molecular formula is C20H23N5O2. The Hall–Kier alpha value is -3.35. The molecule has 2 N–H and O–H groups in total. The smallest absolute Gasteiger partial charge is 0.271 e. The van der Waals surface area contributed by atoms with Crippen LogP contribution in [0.1, 0.15) is 47.2 Å². The lowest BCUT2D eigenvalue weighted by molar-refractivity contribution is 0.0955. The lowest BCUT2D eigenvalue weighted by Crippen LogP contribution is -2.17. The molecule has 0 bridgehead atoms. The lowest BCUT2D eigenvalue weighted by Gasteiger charge is -2.14. The maximum Gasteiger partial charge on any atom is 0.271 e. The molecule has 3 aromatic rings. The molecule has 3 rings (SSSR count). The maximum absolute atomic E-state index is 12.1. The second-order valence-corrected chi connectivity index (χ2v) is 6.64. The van der Waals surface area contributed by atoms with Gasteiger partial charge < -0.3 is 9.67 Å². The zero-order valence-corrected chi connectivity index (χ0v) is 15.8. The summed E-state index contributed by atoms with van der Waals surface area (Å²) < 4.78 is 4.09. The van der Waals surface area contributed by atoms with Crippen LogP contribution in [0.4, 0.5) is 0 Å². The van der Waals surface area contributed by atoms with E-state index in [-0.39, 0.29) is 17.7 Å². The summed E-state index contributed by atoms with van der Waals surface area (Å²) in [5.41, 5.74) is 5.92. The normalized spacial score (nSPS) is 11.4. The van der Waals surface area contributed by atoms with Gasteiger partial charge >= 0.3 is 0 Å². The fourth-order valence-electron chi connectivity index (χ4n) is 2.99. The number of hydrazone groups is 1. The molecule has 1 amide bonds. The summed E-state index contributed by atoms with van der Waals surface area (Å²) in [5, 5.41) is 17.8. The molecule has 0 aliphatic carbocycles. The van der Waals surface area contributed by atoms with E-state index in [2.05, 4.69) is 34.0 Å². The van der Waals surface area contributed by atoms with Crippen molar-refractivity contribution >= 4 is 12.1 Å². The number of aryl methyl sites for hydroxylation is 1. The molecule has 2 aromatic heterocycles. The van der Waals surface area contributed by atoms with Gasteiger partial charge in [-0.25, -0.2) is 10.1 Å². The van der Waals surface area contributed by atoms with Gasteiger partial charge in [-0.3, -0.25) is 4.79 Å². The van der Waals surface area contributed by atoms with Gasteiger partial charge in [-0.15, -0.1) is 0 Å². The third kappa shape index (κ3) is 3.76. The molecule has 0 fully saturated rings. The largest absolute Gasteiger partial charge is 0.508 e. The van der Waals surface area contributed by atoms with Crippen LogP contribution in [0.3, 0.4) is 0 Å². The molecular weight excluding hydrogens is 342 g/mol. The first-order chi connectivity index (χ1) is 12.9. The topological polar surface area (TPSA) is 84.4 Å². The van der Waals surface area contributed by atoms with Gasteiger partial charge in [0.2, 0.25) is 0 Å². The number of nitrogens with one attached hydrogen (secondary N) is 1. The second-order valence-electron chi connectivity index (χ2n) is 6.64. The van der Waals surface area contributed by atoms with Crippen molar-refractivity contribution in [3.63, 3.8) is 0 Å². The van der Waals surface area contributed by atoms with Gasteiger partial charge in [0.25, 0.3) is 5.91 Å². The highest BCUT2D eigenvalue weighted by atomic mass is 16.3. The van der Waals surface area contributed by atoms with E-state index >= 15 is 0 Å². The average molecular weight is 365 g/mol. The summed E-state index contributed by atoms with van der Waals surface area (Å²) in [6, 6.07) is 10.3. The standard InChI is InChI=1S/C20H23N5O2/c1-13(2)25-19(9-10-22-25)24-14(3)11-17(15(24)4)12-21-23-20(27)16-5-7-18(26)8-6-16/h5-13,26H,1-4H3,(H,23,27)/b21-12-. The lowest BCUT2D eigenvalue weighted by atomic mass is 10.2. The van der Waals surface area contributed by atoms with E-state index in [0.717, 1.165) is 22.8 Å². The van der Waals surface area contributed by atoms with Crippen molar-refractivity contribution in [2.45, 2.75) is 33.7 Å². The number of phenolic OH excluding ortho intramolecular Hbond substituents is 1. The molecule has 0 saturated heterocycles. The molecule has 0 radical (unpaired) electrons. The molecule has 0 aliphatic heterocycles. The first-order valence-electron chi connectivity index (χ1n) is 8.73. The molecule has 0 saturated carbocycles. The minimum atomic E-state index is -0.335. The fraction of sp³-hybridized carbons (Fsp3) is 0.250. The number of aromatic nitrogens is 3. The first kappa shape index (κ1) is 18.4. The summed E-state index contributed by atoms with van der Waals surface area (Å²) in [5.74, 6) is 0.772. The van der Waals surface area contributed by atoms with Crippen molar-refractivity contribution in [3.05, 3.63) is 65.1 Å². The number of phenols is 1. The van der Waals surface area contributed by atoms with Crippen LogP contribution in [0.2, 0.25) is 0 Å². The summed E-state index contributed by atoms with van der Waals surface area (Å²) >= 11 is 0. The van der Waals surface area contributed by atoms with Crippen molar-refractivity contribution < 1.29 is 9.90 Å². The van der Waals surface area contributed by atoms with Crippen LogP contribution in [0.25, 0.3) is 5.82 Å². The number of nitrogens with zero attached hydrogens (tertiary/aromatic N) is 4. The molecule has 7 heteroatoms. The highest BCUT2D eigenvalue weighted by Crippen LogP contribution is 2.21. The van der Waals surface area contributed by atoms with Crippen molar-refractivity contribution in [2.24, 2.45) is 5.10 Å². The Labute approximate surface area is 157 Å². The van der Waals surface area contributed by atoms with Crippen molar-refractivity contribution in [3.8, 4) is 11.6 Å². The number of carbonyl (C=O) groups excluding carboxylic acids is 1. The molecule has 1 aromatic carbocycles. The molecule has 2 heterocycles. The molecule has 7 nitrogen and oxygen atoms in total. The van der Waals surface area contributed by atoms with E-state index in [1.165, 1.54) is 12.1 Å². The van der Waals surface area contributed by atoms with E-state index in [1.54, 1.807) is 24.5 Å². The second kappa shape index (κ2) is 7.49. The van der Waals surface area contributed by atoms with E-state index in [0.29, 0.717) is 5.56 Å². The summed E-state index contributed by atoms with van der Waals surface area (Å²) in [6.07, 6.45) is 3.42. The predicted molar refractivity (Wildman–Crippen MR) is 105 cm³/mol. The third-order valence-electron chi connectivity index (χ3n) is 4.34. The Morgan fingerprint density at radius 2 is 1.93 bits per heavy atom. The number of carbonyl (C=O) groups is 1. The van der Waals surface area contributed by atoms with Crippen LogP contribution in [-0.2, 0) is 0 Å². The predicted octanol–water partition coefficient (Wildman–Crippen LogP) is 3.34. The van der Waals surface area contributed by atoms with Crippen LogP contribution in [0.15, 0.2) is 47.7 Å².